The van der Waals surface area contributed by atoms with Crippen LogP contribution in [-0.4, -0.2) is 36.4 Å². The van der Waals surface area contributed by atoms with Crippen LogP contribution in [0.3, 0.4) is 0 Å². The minimum Gasteiger partial charge on any atom is -0.300 e. The molecule has 188 valence electrons. The molecule has 4 unspecified atom stereocenters. The van der Waals surface area contributed by atoms with E-state index in [1.807, 2.05) is 18.2 Å². The highest BCUT2D eigenvalue weighted by atomic mass is 19.4. The number of aryl methyl sites for hydroxylation is 1. The maximum Gasteiger partial charge on any atom is 0.393 e. The Bertz CT molecular complexity index is 875. The highest BCUT2D eigenvalue weighted by Crippen LogP contribution is 2.59. The van der Waals surface area contributed by atoms with E-state index in [9.17, 15) is 26.3 Å². The van der Waals surface area contributed by atoms with E-state index in [-0.39, 0.29) is 0 Å². The van der Waals surface area contributed by atoms with E-state index < -0.39 is 36.5 Å². The molecule has 4 atom stereocenters. The first-order valence-corrected chi connectivity index (χ1v) is 12.0. The second kappa shape index (κ2) is 11.1. The number of likely N-dealkylation sites (N-methyl/N-ethyl adjacent to an activating group) is 1. The van der Waals surface area contributed by atoms with Crippen LogP contribution in [0.15, 0.2) is 54.6 Å². The van der Waals surface area contributed by atoms with Gasteiger partial charge in [0.15, 0.2) is 0 Å². The molecule has 1 saturated carbocycles. The molecule has 3 rings (SSSR count). The van der Waals surface area contributed by atoms with Crippen LogP contribution in [0.5, 0.6) is 0 Å². The van der Waals surface area contributed by atoms with Crippen molar-refractivity contribution < 1.29 is 26.3 Å². The molecule has 0 amide bonds. The van der Waals surface area contributed by atoms with Crippen molar-refractivity contribution in [3.05, 3.63) is 71.3 Å². The van der Waals surface area contributed by atoms with E-state index in [4.69, 9.17) is 0 Å². The topological polar surface area (TPSA) is 3.24 Å². The first-order chi connectivity index (χ1) is 16.0. The van der Waals surface area contributed by atoms with Crippen molar-refractivity contribution in [3.8, 4) is 0 Å². The van der Waals surface area contributed by atoms with Crippen molar-refractivity contribution in [3.63, 3.8) is 0 Å². The van der Waals surface area contributed by atoms with Gasteiger partial charge in [0.2, 0.25) is 0 Å². The molecule has 1 nitrogen and oxygen atoms in total. The Morgan fingerprint density at radius 3 is 1.97 bits per heavy atom. The summed E-state index contributed by atoms with van der Waals surface area (Å²) in [6.45, 7) is 6.19. The molecule has 1 fully saturated rings. The zero-order chi connectivity index (χ0) is 24.9. The number of nitrogens with zero attached hydrogens (tertiary/aromatic N) is 1. The van der Waals surface area contributed by atoms with Crippen LogP contribution >= 0.6 is 0 Å². The summed E-state index contributed by atoms with van der Waals surface area (Å²) in [5, 5.41) is 0. The zero-order valence-electron chi connectivity index (χ0n) is 19.7. The molecule has 2 aromatic carbocycles. The summed E-state index contributed by atoms with van der Waals surface area (Å²) in [6, 6.07) is 17.4. The lowest BCUT2D eigenvalue weighted by Crippen LogP contribution is -2.51. The maximum absolute atomic E-state index is 13.3. The quantitative estimate of drug-likeness (QED) is 0.310. The molecule has 0 heterocycles. The first-order valence-electron chi connectivity index (χ1n) is 12.0. The number of alkyl halides is 6. The van der Waals surface area contributed by atoms with Crippen molar-refractivity contribution >= 4 is 0 Å². The Morgan fingerprint density at radius 2 is 1.44 bits per heavy atom. The fourth-order valence-electron chi connectivity index (χ4n) is 5.21. The molecule has 0 bridgehead atoms. The molecule has 0 saturated heterocycles. The summed E-state index contributed by atoms with van der Waals surface area (Å²) in [6.07, 6.45) is -6.52. The van der Waals surface area contributed by atoms with Gasteiger partial charge in [-0.1, -0.05) is 68.4 Å². The van der Waals surface area contributed by atoms with E-state index in [1.165, 1.54) is 5.56 Å². The Kier molecular flexibility index (Phi) is 8.72. The maximum atomic E-state index is 13.3. The normalized spacial score (nSPS) is 22.0. The van der Waals surface area contributed by atoms with E-state index in [2.05, 4.69) is 30.9 Å². The van der Waals surface area contributed by atoms with Crippen molar-refractivity contribution in [2.24, 2.45) is 11.8 Å². The van der Waals surface area contributed by atoms with E-state index in [0.29, 0.717) is 11.6 Å². The third-order valence-electron chi connectivity index (χ3n) is 7.27. The van der Waals surface area contributed by atoms with E-state index >= 15 is 0 Å². The average molecular weight is 486 g/mol. The molecule has 0 aromatic heterocycles. The van der Waals surface area contributed by atoms with Crippen molar-refractivity contribution in [1.82, 2.24) is 4.90 Å². The molecule has 1 aliphatic carbocycles. The zero-order valence-corrected chi connectivity index (χ0v) is 19.7. The molecule has 0 radical (unpaired) electrons. The predicted molar refractivity (Wildman–Crippen MR) is 123 cm³/mol. The van der Waals surface area contributed by atoms with Gasteiger partial charge >= 0.3 is 12.4 Å². The third kappa shape index (κ3) is 6.55. The standard InChI is InChI=1S/C27H33F6N/c1-3-22(34(4-2)17-16-19-8-6-5-7-9-19)15-12-20-10-13-21(14-11-20)23-18-24(26(28,29)30)25(23)27(31,32)33/h5-11,13-14,22-25H,3-4,12,15-18H2,1-2H3. The van der Waals surface area contributed by atoms with Crippen molar-refractivity contribution in [2.75, 3.05) is 13.1 Å². The van der Waals surface area contributed by atoms with Crippen molar-refractivity contribution in [1.29, 1.82) is 0 Å². The largest absolute Gasteiger partial charge is 0.393 e. The fraction of sp³-hybridized carbons (Fsp3) is 0.556. The number of rotatable bonds is 10. The summed E-state index contributed by atoms with van der Waals surface area (Å²) in [5.41, 5.74) is 2.64. The van der Waals surface area contributed by atoms with Gasteiger partial charge in [-0.3, -0.25) is 0 Å². The fourth-order valence-corrected chi connectivity index (χ4v) is 5.21. The molecule has 2 aromatic rings. The lowest BCUT2D eigenvalue weighted by Gasteiger charge is -2.46. The van der Waals surface area contributed by atoms with Gasteiger partial charge in [-0.05, 0) is 61.3 Å². The second-order valence-electron chi connectivity index (χ2n) is 9.26. The van der Waals surface area contributed by atoms with Gasteiger partial charge in [-0.2, -0.15) is 26.3 Å². The number of hydrogen-bond donors (Lipinski definition) is 0. The first kappa shape index (κ1) is 26.6. The van der Waals surface area contributed by atoms with Crippen LogP contribution in [0.4, 0.5) is 26.3 Å². The average Bonchev–Trinajstić information content (AvgIpc) is 2.75. The minimum atomic E-state index is -4.86. The van der Waals surface area contributed by atoms with Crippen LogP contribution < -0.4 is 0 Å². The summed E-state index contributed by atoms with van der Waals surface area (Å²) < 4.78 is 78.9. The summed E-state index contributed by atoms with van der Waals surface area (Å²) >= 11 is 0. The molecular weight excluding hydrogens is 452 g/mol. The van der Waals surface area contributed by atoms with Crippen LogP contribution in [-0.2, 0) is 12.8 Å². The molecule has 34 heavy (non-hydrogen) atoms. The Morgan fingerprint density at radius 1 is 0.824 bits per heavy atom. The SMILES string of the molecule is CCC(CCc1ccc(C2CC(C(F)(F)F)C2C(F)(F)F)cc1)N(CC)CCc1ccccc1. The van der Waals surface area contributed by atoms with Gasteiger partial charge in [0, 0.05) is 12.6 Å². The lowest BCUT2D eigenvalue weighted by atomic mass is 9.61. The summed E-state index contributed by atoms with van der Waals surface area (Å²) in [7, 11) is 0. The van der Waals surface area contributed by atoms with Gasteiger partial charge in [0.25, 0.3) is 0 Å². The number of hydrogen-bond acceptors (Lipinski definition) is 1. The predicted octanol–water partition coefficient (Wildman–Crippen LogP) is 7.81. The molecule has 0 spiro atoms. The highest BCUT2D eigenvalue weighted by Gasteiger charge is 2.64. The Labute approximate surface area is 198 Å². The summed E-state index contributed by atoms with van der Waals surface area (Å²) in [4.78, 5) is 2.46. The third-order valence-corrected chi connectivity index (χ3v) is 7.27. The van der Waals surface area contributed by atoms with E-state index in [0.717, 1.165) is 44.3 Å². The van der Waals surface area contributed by atoms with Crippen LogP contribution in [0.1, 0.15) is 55.7 Å². The molecule has 7 heteroatoms. The molecular formula is C27H33F6N. The second-order valence-corrected chi connectivity index (χ2v) is 9.26. The van der Waals surface area contributed by atoms with Crippen LogP contribution in [0.2, 0.25) is 0 Å². The smallest absolute Gasteiger partial charge is 0.300 e. The number of benzene rings is 2. The van der Waals surface area contributed by atoms with Crippen LogP contribution in [0.25, 0.3) is 0 Å². The Balaban J connectivity index is 1.58. The van der Waals surface area contributed by atoms with Gasteiger partial charge in [0.1, 0.15) is 0 Å². The molecule has 0 N–H and O–H groups in total. The van der Waals surface area contributed by atoms with Gasteiger partial charge in [-0.15, -0.1) is 0 Å². The minimum absolute atomic E-state index is 0.344. The Hall–Kier alpha value is -2.02. The van der Waals surface area contributed by atoms with Crippen molar-refractivity contribution in [2.45, 2.75) is 70.3 Å². The van der Waals surface area contributed by atoms with E-state index in [1.54, 1.807) is 24.3 Å². The van der Waals surface area contributed by atoms with Gasteiger partial charge < -0.3 is 4.90 Å². The number of halogens is 6. The molecule has 0 aliphatic heterocycles. The van der Waals surface area contributed by atoms with Crippen LogP contribution in [0, 0.1) is 11.8 Å². The van der Waals surface area contributed by atoms with Gasteiger partial charge in [-0.25, -0.2) is 0 Å². The van der Waals surface area contributed by atoms with Gasteiger partial charge in [0.05, 0.1) is 11.8 Å². The lowest BCUT2D eigenvalue weighted by molar-refractivity contribution is -0.292. The highest BCUT2D eigenvalue weighted by molar-refractivity contribution is 5.29. The monoisotopic (exact) mass is 485 g/mol. The molecule has 1 aliphatic rings. The summed E-state index contributed by atoms with van der Waals surface area (Å²) in [5.74, 6) is -5.79.